The summed E-state index contributed by atoms with van der Waals surface area (Å²) >= 11 is 0. The monoisotopic (exact) mass is 397 g/mol. The first kappa shape index (κ1) is 19.2. The third-order valence-corrected chi connectivity index (χ3v) is 6.86. The molecule has 0 aliphatic heterocycles. The molecule has 1 aromatic heterocycles. The molecule has 154 valence electrons. The Morgan fingerprint density at radius 2 is 1.43 bits per heavy atom. The predicted molar refractivity (Wildman–Crippen MR) is 128 cm³/mol. The molecular weight excluding hydrogens is 366 g/mol. The Morgan fingerprint density at radius 3 is 2.20 bits per heavy atom. The largest absolute Gasteiger partial charge is 0.454 e. The molecule has 2 heteroatoms. The highest BCUT2D eigenvalue weighted by atomic mass is 16.3. The van der Waals surface area contributed by atoms with Crippen molar-refractivity contribution in [2.75, 3.05) is 11.9 Å². The Morgan fingerprint density at radius 1 is 0.767 bits per heavy atom. The van der Waals surface area contributed by atoms with Gasteiger partial charge < -0.3 is 9.32 Å². The molecule has 1 saturated carbocycles. The summed E-state index contributed by atoms with van der Waals surface area (Å²) in [4.78, 5) is 2.29. The second-order valence-electron chi connectivity index (χ2n) is 9.09. The average molecular weight is 398 g/mol. The molecule has 0 bridgehead atoms. The lowest BCUT2D eigenvalue weighted by Crippen LogP contribution is -2.12. The van der Waals surface area contributed by atoms with Crippen molar-refractivity contribution in [3.05, 3.63) is 71.8 Å². The molecule has 0 saturated heterocycles. The van der Waals surface area contributed by atoms with E-state index >= 15 is 0 Å². The van der Waals surface area contributed by atoms with Crippen molar-refractivity contribution < 1.29 is 4.42 Å². The number of hydrogen-bond donors (Lipinski definition) is 0. The summed E-state index contributed by atoms with van der Waals surface area (Å²) in [5.41, 5.74) is 7.23. The van der Waals surface area contributed by atoms with Gasteiger partial charge in [-0.3, -0.25) is 0 Å². The van der Waals surface area contributed by atoms with Crippen LogP contribution in [0.5, 0.6) is 0 Å². The molecule has 5 rings (SSSR count). The topological polar surface area (TPSA) is 16.4 Å². The molecule has 0 radical (unpaired) electrons. The van der Waals surface area contributed by atoms with Crippen LogP contribution in [0.15, 0.2) is 65.1 Å². The van der Waals surface area contributed by atoms with Crippen molar-refractivity contribution in [1.82, 2.24) is 0 Å². The van der Waals surface area contributed by atoms with Gasteiger partial charge in [0.15, 0.2) is 5.58 Å². The van der Waals surface area contributed by atoms with Crippen molar-refractivity contribution in [3.63, 3.8) is 0 Å². The lowest BCUT2D eigenvalue weighted by molar-refractivity contribution is 0.442. The highest BCUT2D eigenvalue weighted by molar-refractivity contribution is 6.10. The molecule has 2 nitrogen and oxygen atoms in total. The molecule has 0 unspecified atom stereocenters. The third-order valence-electron chi connectivity index (χ3n) is 6.86. The maximum absolute atomic E-state index is 6.67. The van der Waals surface area contributed by atoms with Gasteiger partial charge in [0.2, 0.25) is 0 Å². The van der Waals surface area contributed by atoms with Gasteiger partial charge in [0.25, 0.3) is 0 Å². The number of hydrogen-bond acceptors (Lipinski definition) is 2. The number of nitrogens with zero attached hydrogens (tertiary/aromatic N) is 1. The molecule has 4 aromatic rings. The lowest BCUT2D eigenvalue weighted by Gasteiger charge is -2.24. The van der Waals surface area contributed by atoms with E-state index in [9.17, 15) is 0 Å². The van der Waals surface area contributed by atoms with Crippen LogP contribution in [0, 0.1) is 0 Å². The van der Waals surface area contributed by atoms with Crippen molar-refractivity contribution in [2.24, 2.45) is 0 Å². The maximum atomic E-state index is 6.67. The van der Waals surface area contributed by atoms with Gasteiger partial charge in [0, 0.05) is 23.5 Å². The van der Waals surface area contributed by atoms with E-state index in [0.717, 1.165) is 16.9 Å². The van der Waals surface area contributed by atoms with Crippen LogP contribution in [0.25, 0.3) is 21.9 Å². The van der Waals surface area contributed by atoms with E-state index < -0.39 is 0 Å². The maximum Gasteiger partial charge on any atom is 0.159 e. The first-order valence-corrected chi connectivity index (χ1v) is 11.4. The molecule has 1 heterocycles. The second-order valence-corrected chi connectivity index (χ2v) is 9.09. The zero-order valence-corrected chi connectivity index (χ0v) is 18.3. The van der Waals surface area contributed by atoms with Crippen LogP contribution in [0.4, 0.5) is 11.4 Å². The third kappa shape index (κ3) is 3.19. The first-order chi connectivity index (χ1) is 14.6. The minimum atomic E-state index is 0.469. The SMILES string of the molecule is CC(C)c1ccccc1N(C)c1cccc2c1oc1c(C3CCCCC3)cccc12. The van der Waals surface area contributed by atoms with Crippen molar-refractivity contribution in [3.8, 4) is 0 Å². The quantitative estimate of drug-likeness (QED) is 0.343. The standard InChI is InChI=1S/C28H31NO/c1-19(2)21-13-7-8-17-25(21)29(3)26-18-10-16-24-23-15-9-14-22(27(23)30-28(24)26)20-11-5-4-6-12-20/h7-10,13-20H,4-6,11-12H2,1-3H3. The Bertz CT molecular complexity index is 1180. The lowest BCUT2D eigenvalue weighted by atomic mass is 9.83. The van der Waals surface area contributed by atoms with E-state index in [1.807, 2.05) is 0 Å². The minimum absolute atomic E-state index is 0.469. The van der Waals surface area contributed by atoms with Gasteiger partial charge in [0.05, 0.1) is 5.69 Å². The van der Waals surface area contributed by atoms with Gasteiger partial charge in [0.1, 0.15) is 5.58 Å². The fraction of sp³-hybridized carbons (Fsp3) is 0.357. The van der Waals surface area contributed by atoms with Crippen LogP contribution >= 0.6 is 0 Å². The van der Waals surface area contributed by atoms with Gasteiger partial charge in [-0.1, -0.05) is 81.6 Å². The molecular formula is C28H31NO. The van der Waals surface area contributed by atoms with Crippen LogP contribution in [-0.2, 0) is 0 Å². The van der Waals surface area contributed by atoms with Crippen LogP contribution in [0.3, 0.4) is 0 Å². The Kier molecular flexibility index (Phi) is 5.02. The fourth-order valence-corrected chi connectivity index (χ4v) is 5.24. The van der Waals surface area contributed by atoms with Crippen LogP contribution in [0.2, 0.25) is 0 Å². The normalized spacial score (nSPS) is 15.3. The summed E-state index contributed by atoms with van der Waals surface area (Å²) in [7, 11) is 2.16. The number of furan rings is 1. The van der Waals surface area contributed by atoms with Gasteiger partial charge in [-0.2, -0.15) is 0 Å². The number of para-hydroxylation sites is 3. The molecule has 0 spiro atoms. The van der Waals surface area contributed by atoms with E-state index in [1.54, 1.807) is 0 Å². The number of fused-ring (bicyclic) bond motifs is 3. The summed E-state index contributed by atoms with van der Waals surface area (Å²) in [6.07, 6.45) is 6.61. The zero-order chi connectivity index (χ0) is 20.7. The molecule has 1 aliphatic rings. The molecule has 0 N–H and O–H groups in total. The second kappa shape index (κ2) is 7.83. The van der Waals surface area contributed by atoms with E-state index in [2.05, 4.69) is 86.5 Å². The number of anilines is 2. The summed E-state index contributed by atoms with van der Waals surface area (Å²) < 4.78 is 6.67. The van der Waals surface area contributed by atoms with E-state index in [1.165, 1.54) is 59.7 Å². The first-order valence-electron chi connectivity index (χ1n) is 11.4. The molecule has 3 aromatic carbocycles. The van der Waals surface area contributed by atoms with Gasteiger partial charge in [-0.15, -0.1) is 0 Å². The minimum Gasteiger partial charge on any atom is -0.454 e. The fourth-order valence-electron chi connectivity index (χ4n) is 5.24. The summed E-state index contributed by atoms with van der Waals surface area (Å²) in [5, 5.41) is 2.47. The highest BCUT2D eigenvalue weighted by Crippen LogP contribution is 2.43. The number of rotatable bonds is 4. The van der Waals surface area contributed by atoms with Gasteiger partial charge in [-0.25, -0.2) is 0 Å². The average Bonchev–Trinajstić information content (AvgIpc) is 3.18. The van der Waals surface area contributed by atoms with E-state index in [4.69, 9.17) is 4.42 Å². The van der Waals surface area contributed by atoms with Gasteiger partial charge in [-0.05, 0) is 47.9 Å². The number of benzene rings is 3. The van der Waals surface area contributed by atoms with E-state index in [-0.39, 0.29) is 0 Å². The molecule has 1 fully saturated rings. The molecule has 30 heavy (non-hydrogen) atoms. The van der Waals surface area contributed by atoms with Crippen LogP contribution in [-0.4, -0.2) is 7.05 Å². The molecule has 0 amide bonds. The summed E-state index contributed by atoms with van der Waals surface area (Å²) in [6, 6.07) is 22.0. The van der Waals surface area contributed by atoms with Crippen molar-refractivity contribution in [2.45, 2.75) is 57.8 Å². The van der Waals surface area contributed by atoms with E-state index in [0.29, 0.717) is 11.8 Å². The smallest absolute Gasteiger partial charge is 0.159 e. The highest BCUT2D eigenvalue weighted by Gasteiger charge is 2.22. The molecule has 0 atom stereocenters. The van der Waals surface area contributed by atoms with Crippen molar-refractivity contribution in [1.29, 1.82) is 0 Å². The zero-order valence-electron chi connectivity index (χ0n) is 18.3. The summed E-state index contributed by atoms with van der Waals surface area (Å²) in [5.74, 6) is 1.10. The summed E-state index contributed by atoms with van der Waals surface area (Å²) in [6.45, 7) is 4.51. The van der Waals surface area contributed by atoms with Crippen LogP contribution in [0.1, 0.15) is 68.9 Å². The Balaban J connectivity index is 1.67. The van der Waals surface area contributed by atoms with Crippen molar-refractivity contribution >= 4 is 33.3 Å². The Labute approximate surface area is 179 Å². The molecule has 1 aliphatic carbocycles. The predicted octanol–water partition coefficient (Wildman–Crippen LogP) is 8.53. The van der Waals surface area contributed by atoms with Gasteiger partial charge >= 0.3 is 0 Å². The Hall–Kier alpha value is -2.74. The van der Waals surface area contributed by atoms with Crippen LogP contribution < -0.4 is 4.90 Å².